The monoisotopic (exact) mass is 1170 g/mol. The number of ether oxygens (including phenoxy) is 7. The number of anilines is 3. The van der Waals surface area contributed by atoms with Gasteiger partial charge in [-0.25, -0.2) is 9.97 Å². The van der Waals surface area contributed by atoms with Gasteiger partial charge in [-0.1, -0.05) is 42.7 Å². The number of rotatable bonds is 30. The number of likely N-dealkylation sites (tertiary alicyclic amines) is 1. The van der Waals surface area contributed by atoms with Crippen molar-refractivity contribution in [1.82, 2.24) is 40.2 Å². The highest BCUT2D eigenvalue weighted by atomic mass is 35.5. The van der Waals surface area contributed by atoms with Crippen LogP contribution in [-0.4, -0.2) is 170 Å². The molecule has 0 spiro atoms. The number of aliphatic hydroxyl groups excluding tert-OH is 1. The zero-order chi connectivity index (χ0) is 58.1. The average Bonchev–Trinajstić information content (AvgIpc) is 4.27. The van der Waals surface area contributed by atoms with E-state index < -0.39 is 18.1 Å². The maximum atomic E-state index is 13.9. The van der Waals surface area contributed by atoms with Crippen molar-refractivity contribution in [3.05, 3.63) is 98.3 Å². The highest BCUT2D eigenvalue weighted by Gasteiger charge is 2.43. The van der Waals surface area contributed by atoms with Crippen molar-refractivity contribution >= 4 is 69.0 Å². The summed E-state index contributed by atoms with van der Waals surface area (Å²) < 4.78 is 47.7. The minimum Gasteiger partial charge on any atom is -0.491 e. The number of likely N-dealkylation sites (N-methyl/N-ethyl adjacent to an activating group) is 1. The van der Waals surface area contributed by atoms with Crippen molar-refractivity contribution in [2.45, 2.75) is 77.7 Å². The summed E-state index contributed by atoms with van der Waals surface area (Å²) in [6.07, 6.45) is 2.52. The van der Waals surface area contributed by atoms with Crippen LogP contribution in [0.25, 0.3) is 21.3 Å². The number of hydrogen-bond donors (Lipinski definition) is 4. The number of aliphatic hydroxyl groups is 1. The molecule has 8 rings (SSSR count). The van der Waals surface area contributed by atoms with Crippen molar-refractivity contribution in [3.63, 3.8) is 0 Å². The Balaban J connectivity index is 0.675. The Kier molecular flexibility index (Phi) is 22.4. The van der Waals surface area contributed by atoms with Crippen LogP contribution in [0.3, 0.4) is 0 Å². The molecule has 6 aromatic rings. The number of nitrogens with zero attached hydrogens (tertiary/aromatic N) is 7. The van der Waals surface area contributed by atoms with E-state index in [0.717, 1.165) is 39.9 Å². The van der Waals surface area contributed by atoms with Crippen LogP contribution in [0.15, 0.2) is 69.6 Å². The lowest BCUT2D eigenvalue weighted by Gasteiger charge is -2.32. The Morgan fingerprint density at radius 1 is 0.878 bits per heavy atom. The lowest BCUT2D eigenvalue weighted by Crippen LogP contribution is -2.48. The van der Waals surface area contributed by atoms with Crippen LogP contribution in [-0.2, 0) is 51.7 Å². The number of aromatic nitrogens is 5. The number of hydrogen-bond acceptors (Lipinski definition) is 20. The van der Waals surface area contributed by atoms with Gasteiger partial charge in [0.05, 0.1) is 105 Å². The third-order valence-electron chi connectivity index (χ3n) is 14.0. The molecule has 2 fully saturated rings. The predicted molar refractivity (Wildman–Crippen MR) is 308 cm³/mol. The summed E-state index contributed by atoms with van der Waals surface area (Å²) in [5, 5.41) is 24.4. The van der Waals surface area contributed by atoms with E-state index in [1.54, 1.807) is 37.8 Å². The van der Waals surface area contributed by atoms with Crippen molar-refractivity contribution in [2.24, 2.45) is 13.0 Å². The molecule has 3 amide bonds. The maximum absolute atomic E-state index is 13.9. The Bertz CT molecular complexity index is 3150. The van der Waals surface area contributed by atoms with Crippen molar-refractivity contribution < 1.29 is 57.2 Å². The second kappa shape index (κ2) is 30.0. The molecule has 25 heteroatoms. The number of β-amino-alcohol motifs (C(OH)–C–C–N with tert-alkyl or cyclic N) is 1. The highest BCUT2D eigenvalue weighted by molar-refractivity contribution is 7.13. The molecular formula is C57H73ClN10O13S. The van der Waals surface area contributed by atoms with E-state index in [0.29, 0.717) is 118 Å². The number of nitrogens with one attached hydrogen (secondary N) is 3. The first-order chi connectivity index (χ1) is 39.7. The maximum Gasteiger partial charge on any atom is 0.293 e. The summed E-state index contributed by atoms with van der Waals surface area (Å²) in [7, 11) is 3.15. The third kappa shape index (κ3) is 16.5. The molecule has 3 unspecified atom stereocenters. The smallest absolute Gasteiger partial charge is 0.293 e. The van der Waals surface area contributed by atoms with E-state index in [4.69, 9.17) is 54.3 Å². The van der Waals surface area contributed by atoms with Gasteiger partial charge in [-0.3, -0.25) is 19.2 Å². The van der Waals surface area contributed by atoms with E-state index >= 15 is 0 Å². The molecule has 23 nitrogen and oxygen atoms in total. The standard InChI is InChI=1S/C57H73ClN10O13S/c1-35(2)51(48-25-36(3)65-81-48)56(73)68-32-42(69)29-46(68)54(71)60-30-39-8-7-38(52-37(4)62-34-82-52)27-47(39)79-24-22-77-20-18-75-16-15-74-17-19-76-21-23-78-43-11-13-67(14-12-43)57-61-31-44(58)53(64-57)63-41-9-10-45-40(26-41)28-49(55(72)66(45)6)80-33-50(70)59-5/h7-10,25-28,31,34-35,42-43,46,51,69H,11-24,29-30,32-33H2,1-6H3,(H,59,70)(H,60,71)(H,61,63,64). The number of amides is 3. The highest BCUT2D eigenvalue weighted by Crippen LogP contribution is 2.34. The summed E-state index contributed by atoms with van der Waals surface area (Å²) in [4.78, 5) is 70.4. The molecule has 4 aromatic heterocycles. The second-order valence-corrected chi connectivity index (χ2v) is 21.5. The summed E-state index contributed by atoms with van der Waals surface area (Å²) in [5.74, 6) is 0.280. The Morgan fingerprint density at radius 3 is 2.24 bits per heavy atom. The molecule has 0 bridgehead atoms. The lowest BCUT2D eigenvalue weighted by molar-refractivity contribution is -0.141. The van der Waals surface area contributed by atoms with Gasteiger partial charge in [-0.15, -0.1) is 11.3 Å². The minimum atomic E-state index is -0.857. The molecule has 442 valence electrons. The fourth-order valence-electron chi connectivity index (χ4n) is 9.66. The van der Waals surface area contributed by atoms with Crippen molar-refractivity contribution in [2.75, 3.05) is 110 Å². The molecule has 2 aliphatic heterocycles. The van der Waals surface area contributed by atoms with Gasteiger partial charge in [-0.05, 0) is 68.5 Å². The fourth-order valence-corrected chi connectivity index (χ4v) is 10.6. The van der Waals surface area contributed by atoms with Gasteiger partial charge >= 0.3 is 0 Å². The van der Waals surface area contributed by atoms with E-state index in [-0.39, 0.29) is 73.8 Å². The van der Waals surface area contributed by atoms with Crippen LogP contribution < -0.4 is 35.9 Å². The first kappa shape index (κ1) is 61.3. The molecule has 2 saturated heterocycles. The second-order valence-electron chi connectivity index (χ2n) is 20.3. The molecule has 0 aliphatic carbocycles. The zero-order valence-electron chi connectivity index (χ0n) is 47.2. The Labute approximate surface area is 484 Å². The number of thiazole rings is 1. The molecule has 2 aromatic carbocycles. The summed E-state index contributed by atoms with van der Waals surface area (Å²) in [6, 6.07) is 13.8. The van der Waals surface area contributed by atoms with E-state index in [1.807, 2.05) is 57.2 Å². The summed E-state index contributed by atoms with van der Waals surface area (Å²) in [6.45, 7) is 12.7. The minimum absolute atomic E-state index is 0.0443. The van der Waals surface area contributed by atoms with Crippen LogP contribution in [0.4, 0.5) is 17.5 Å². The largest absolute Gasteiger partial charge is 0.491 e. The molecule has 2 aliphatic rings. The van der Waals surface area contributed by atoms with Gasteiger partial charge in [0.15, 0.2) is 18.2 Å². The normalized spacial score (nSPS) is 16.0. The third-order valence-corrected chi connectivity index (χ3v) is 15.3. The molecule has 6 heterocycles. The van der Waals surface area contributed by atoms with Crippen LogP contribution in [0.2, 0.25) is 5.02 Å². The lowest BCUT2D eigenvalue weighted by atomic mass is 9.91. The number of benzene rings is 2. The first-order valence-electron chi connectivity index (χ1n) is 27.5. The first-order valence-corrected chi connectivity index (χ1v) is 28.7. The van der Waals surface area contributed by atoms with Crippen LogP contribution >= 0.6 is 22.9 Å². The van der Waals surface area contributed by atoms with Gasteiger partial charge in [0.25, 0.3) is 11.5 Å². The number of fused-ring (bicyclic) bond motifs is 1. The fraction of sp³-hybridized carbons (Fsp3) is 0.509. The number of carbonyl (C=O) groups excluding carboxylic acids is 3. The molecule has 3 atom stereocenters. The van der Waals surface area contributed by atoms with Gasteiger partial charge in [-0.2, -0.15) is 4.98 Å². The van der Waals surface area contributed by atoms with Crippen molar-refractivity contribution in [3.8, 4) is 21.9 Å². The topological polar surface area (TPSA) is 265 Å². The van der Waals surface area contributed by atoms with Gasteiger partial charge in [0.1, 0.15) is 35.1 Å². The predicted octanol–water partition coefficient (Wildman–Crippen LogP) is 5.73. The van der Waals surface area contributed by atoms with Crippen LogP contribution in [0, 0.1) is 19.8 Å². The quantitative estimate of drug-likeness (QED) is 0.0393. The molecule has 0 saturated carbocycles. The van der Waals surface area contributed by atoms with Gasteiger partial charge in [0.2, 0.25) is 17.8 Å². The number of piperidine rings is 1. The van der Waals surface area contributed by atoms with Crippen LogP contribution in [0.1, 0.15) is 61.7 Å². The Hall–Kier alpha value is -6.77. The van der Waals surface area contributed by atoms with E-state index in [2.05, 4.69) is 36.0 Å². The van der Waals surface area contributed by atoms with E-state index in [1.165, 1.54) is 27.9 Å². The van der Waals surface area contributed by atoms with Crippen molar-refractivity contribution in [1.29, 1.82) is 0 Å². The molecular weight excluding hydrogens is 1100 g/mol. The zero-order valence-corrected chi connectivity index (χ0v) is 48.7. The number of carbonyl (C=O) groups is 3. The number of halogens is 1. The molecule has 4 N–H and O–H groups in total. The average molecular weight is 1170 g/mol. The van der Waals surface area contributed by atoms with Gasteiger partial charge in [0, 0.05) is 69.4 Å². The summed E-state index contributed by atoms with van der Waals surface area (Å²) in [5.41, 5.74) is 6.06. The molecule has 0 radical (unpaired) electrons. The molecule has 82 heavy (non-hydrogen) atoms. The number of aryl methyl sites for hydroxylation is 3. The van der Waals surface area contributed by atoms with Gasteiger partial charge < -0.3 is 73.1 Å². The van der Waals surface area contributed by atoms with E-state index in [9.17, 15) is 24.3 Å². The SMILES string of the molecule is CNC(=O)COc1cc2cc(Nc3nc(N4CCC(OCCOCCOCCOCCOCCOc5cc(-c6scnc6C)ccc5CNC(=O)C5CC(O)CN5C(=O)C(c5cc(C)no5)C(C)C)CC4)ncc3Cl)ccc2n(C)c1=O. The van der Waals surface area contributed by atoms with Crippen LogP contribution in [0.5, 0.6) is 11.5 Å². The Morgan fingerprint density at radius 2 is 1.59 bits per heavy atom. The summed E-state index contributed by atoms with van der Waals surface area (Å²) >= 11 is 8.07. The number of pyridine rings is 1.